The minimum absolute atomic E-state index is 0.473. The number of aromatic amines is 1. The van der Waals surface area contributed by atoms with Gasteiger partial charge in [0.15, 0.2) is 11.5 Å². The molecule has 68 valence electrons. The molecule has 2 heterocycles. The first-order valence-corrected chi connectivity index (χ1v) is 4.14. The Morgan fingerprint density at radius 2 is 2.38 bits per heavy atom. The predicted octanol–water partition coefficient (Wildman–Crippen LogP) is 1.33. The molecule has 0 bridgehead atoms. The van der Waals surface area contributed by atoms with Crippen molar-refractivity contribution >= 4 is 0 Å². The molecule has 0 radical (unpaired) electrons. The number of nitrogens with one attached hydrogen (secondary N) is 1. The maximum Gasteiger partial charge on any atom is 0.278 e. The van der Waals surface area contributed by atoms with E-state index in [2.05, 4.69) is 20.3 Å². The van der Waals surface area contributed by atoms with E-state index in [1.54, 1.807) is 0 Å². The molecular formula is C8H10N4O. The molecule has 2 aromatic heterocycles. The quantitative estimate of drug-likeness (QED) is 0.753. The van der Waals surface area contributed by atoms with E-state index in [1.165, 1.54) is 0 Å². The minimum atomic E-state index is 0.473. The number of rotatable bonds is 2. The predicted molar refractivity (Wildman–Crippen MR) is 46.0 cm³/mol. The highest BCUT2D eigenvalue weighted by Gasteiger charge is 2.09. The lowest BCUT2D eigenvalue weighted by Gasteiger charge is -1.80. The van der Waals surface area contributed by atoms with Gasteiger partial charge in [-0.3, -0.25) is 5.10 Å². The van der Waals surface area contributed by atoms with Crippen molar-refractivity contribution < 1.29 is 4.52 Å². The van der Waals surface area contributed by atoms with Crippen LogP contribution < -0.4 is 0 Å². The molecule has 0 unspecified atom stereocenters. The van der Waals surface area contributed by atoms with Gasteiger partial charge in [-0.05, 0) is 13.0 Å². The van der Waals surface area contributed by atoms with Gasteiger partial charge in [-0.15, -0.1) is 0 Å². The molecule has 0 aliphatic rings. The van der Waals surface area contributed by atoms with Crippen molar-refractivity contribution in [3.63, 3.8) is 0 Å². The molecule has 2 aromatic rings. The van der Waals surface area contributed by atoms with E-state index in [1.807, 2.05) is 19.9 Å². The van der Waals surface area contributed by atoms with Crippen molar-refractivity contribution in [3.05, 3.63) is 17.6 Å². The molecule has 13 heavy (non-hydrogen) atoms. The normalized spacial score (nSPS) is 10.6. The summed E-state index contributed by atoms with van der Waals surface area (Å²) < 4.78 is 5.01. The van der Waals surface area contributed by atoms with Gasteiger partial charge in [0, 0.05) is 12.1 Å². The van der Waals surface area contributed by atoms with E-state index in [-0.39, 0.29) is 0 Å². The molecule has 0 aliphatic heterocycles. The Kier molecular flexibility index (Phi) is 1.84. The van der Waals surface area contributed by atoms with Crippen LogP contribution in [0.25, 0.3) is 11.6 Å². The largest absolute Gasteiger partial charge is 0.332 e. The maximum atomic E-state index is 5.01. The van der Waals surface area contributed by atoms with Gasteiger partial charge in [0.2, 0.25) is 0 Å². The fourth-order valence-electron chi connectivity index (χ4n) is 1.03. The van der Waals surface area contributed by atoms with Gasteiger partial charge in [-0.25, -0.2) is 0 Å². The van der Waals surface area contributed by atoms with E-state index in [0.29, 0.717) is 17.4 Å². The lowest BCUT2D eigenvalue weighted by Crippen LogP contribution is -1.82. The average Bonchev–Trinajstić information content (AvgIpc) is 2.71. The van der Waals surface area contributed by atoms with Crippen LogP contribution in [0.4, 0.5) is 0 Å². The molecular weight excluding hydrogens is 168 g/mol. The van der Waals surface area contributed by atoms with Crippen molar-refractivity contribution in [2.45, 2.75) is 20.3 Å². The van der Waals surface area contributed by atoms with Gasteiger partial charge in [0.05, 0.1) is 0 Å². The highest BCUT2D eigenvalue weighted by Crippen LogP contribution is 2.14. The van der Waals surface area contributed by atoms with Crippen molar-refractivity contribution in [3.8, 4) is 11.6 Å². The number of nitrogens with zero attached hydrogens (tertiary/aromatic N) is 3. The van der Waals surface area contributed by atoms with E-state index < -0.39 is 0 Å². The molecule has 0 aromatic carbocycles. The van der Waals surface area contributed by atoms with Crippen molar-refractivity contribution in [2.75, 3.05) is 0 Å². The summed E-state index contributed by atoms with van der Waals surface area (Å²) in [4.78, 5) is 4.15. The summed E-state index contributed by atoms with van der Waals surface area (Å²) in [6.45, 7) is 3.90. The molecule has 0 amide bonds. The molecule has 0 saturated heterocycles. The lowest BCUT2D eigenvalue weighted by molar-refractivity contribution is 0.422. The number of hydrogen-bond donors (Lipinski definition) is 1. The van der Waals surface area contributed by atoms with Crippen LogP contribution in [0.15, 0.2) is 10.6 Å². The monoisotopic (exact) mass is 178 g/mol. The van der Waals surface area contributed by atoms with Crippen molar-refractivity contribution in [1.29, 1.82) is 0 Å². The Bertz CT molecular complexity index is 404. The van der Waals surface area contributed by atoms with E-state index in [0.717, 1.165) is 12.1 Å². The first kappa shape index (κ1) is 7.97. The Hall–Kier alpha value is -1.65. The zero-order valence-electron chi connectivity index (χ0n) is 7.53. The summed E-state index contributed by atoms with van der Waals surface area (Å²) >= 11 is 0. The smallest absolute Gasteiger partial charge is 0.278 e. The molecule has 0 atom stereocenters. The second-order valence-electron chi connectivity index (χ2n) is 2.81. The second kappa shape index (κ2) is 3.01. The second-order valence-corrected chi connectivity index (χ2v) is 2.81. The van der Waals surface area contributed by atoms with Crippen LogP contribution in [-0.2, 0) is 6.42 Å². The third-order valence-corrected chi connectivity index (χ3v) is 1.71. The summed E-state index contributed by atoms with van der Waals surface area (Å²) in [6, 6.07) is 1.87. The first-order chi connectivity index (χ1) is 6.29. The Morgan fingerprint density at radius 3 is 2.92 bits per heavy atom. The van der Waals surface area contributed by atoms with Crippen molar-refractivity contribution in [2.24, 2.45) is 0 Å². The van der Waals surface area contributed by atoms with Gasteiger partial charge in [0.25, 0.3) is 5.89 Å². The fraction of sp³-hybridized carbons (Fsp3) is 0.375. The van der Waals surface area contributed by atoms with Gasteiger partial charge < -0.3 is 4.52 Å². The number of aromatic nitrogens is 4. The lowest BCUT2D eigenvalue weighted by atomic mass is 10.4. The third kappa shape index (κ3) is 1.44. The van der Waals surface area contributed by atoms with E-state index in [9.17, 15) is 0 Å². The molecule has 5 nitrogen and oxygen atoms in total. The third-order valence-electron chi connectivity index (χ3n) is 1.71. The highest BCUT2D eigenvalue weighted by molar-refractivity contribution is 5.46. The standard InChI is InChI=1S/C8H10N4O/c1-3-7-9-8(13-12-7)6-4-5(2)10-11-6/h4H,3H2,1-2H3,(H,10,11). The van der Waals surface area contributed by atoms with Crippen LogP contribution in [0, 0.1) is 6.92 Å². The summed E-state index contributed by atoms with van der Waals surface area (Å²) in [6.07, 6.45) is 0.771. The summed E-state index contributed by atoms with van der Waals surface area (Å²) in [5, 5.41) is 10.6. The molecule has 0 saturated carbocycles. The summed E-state index contributed by atoms with van der Waals surface area (Å²) in [5.74, 6) is 1.18. The minimum Gasteiger partial charge on any atom is -0.332 e. The molecule has 0 spiro atoms. The van der Waals surface area contributed by atoms with Crippen LogP contribution in [0.5, 0.6) is 0 Å². The van der Waals surface area contributed by atoms with Crippen LogP contribution in [0.3, 0.4) is 0 Å². The summed E-state index contributed by atoms with van der Waals surface area (Å²) in [5.41, 5.74) is 1.68. The molecule has 2 rings (SSSR count). The molecule has 1 N–H and O–H groups in total. The first-order valence-electron chi connectivity index (χ1n) is 4.14. The number of aryl methyl sites for hydroxylation is 2. The topological polar surface area (TPSA) is 67.6 Å². The zero-order valence-corrected chi connectivity index (χ0v) is 7.53. The molecule has 0 aliphatic carbocycles. The van der Waals surface area contributed by atoms with Crippen LogP contribution in [0.1, 0.15) is 18.4 Å². The molecule has 0 fully saturated rings. The average molecular weight is 178 g/mol. The van der Waals surface area contributed by atoms with Gasteiger partial charge in [0.1, 0.15) is 0 Å². The zero-order chi connectivity index (χ0) is 9.26. The summed E-state index contributed by atoms with van der Waals surface area (Å²) in [7, 11) is 0. The number of H-pyrrole nitrogens is 1. The van der Waals surface area contributed by atoms with Crippen molar-refractivity contribution in [1.82, 2.24) is 20.3 Å². The van der Waals surface area contributed by atoms with E-state index >= 15 is 0 Å². The van der Waals surface area contributed by atoms with Gasteiger partial charge >= 0.3 is 0 Å². The van der Waals surface area contributed by atoms with Gasteiger partial charge in [-0.2, -0.15) is 10.1 Å². The number of hydrogen-bond acceptors (Lipinski definition) is 4. The van der Waals surface area contributed by atoms with Crippen LogP contribution >= 0.6 is 0 Å². The van der Waals surface area contributed by atoms with Crippen LogP contribution in [-0.4, -0.2) is 20.3 Å². The molecule has 5 heteroatoms. The highest BCUT2D eigenvalue weighted by atomic mass is 16.5. The van der Waals surface area contributed by atoms with E-state index in [4.69, 9.17) is 4.52 Å². The SMILES string of the molecule is CCc1noc(-c2cc(C)[nH]n2)n1. The Morgan fingerprint density at radius 1 is 1.54 bits per heavy atom. The van der Waals surface area contributed by atoms with Gasteiger partial charge in [-0.1, -0.05) is 12.1 Å². The Balaban J connectivity index is 2.35. The van der Waals surface area contributed by atoms with Crippen LogP contribution in [0.2, 0.25) is 0 Å². The fourth-order valence-corrected chi connectivity index (χ4v) is 1.03. The Labute approximate surface area is 75.2 Å². The maximum absolute atomic E-state index is 5.01.